The van der Waals surface area contributed by atoms with Gasteiger partial charge in [-0.05, 0) is 30.5 Å². The summed E-state index contributed by atoms with van der Waals surface area (Å²) in [7, 11) is 0. The molecule has 82 valence electrons. The molecule has 0 aromatic carbocycles. The van der Waals surface area contributed by atoms with Crippen molar-refractivity contribution in [3.8, 4) is 0 Å². The van der Waals surface area contributed by atoms with E-state index in [1.54, 1.807) is 0 Å². The van der Waals surface area contributed by atoms with E-state index in [0.29, 0.717) is 0 Å². The van der Waals surface area contributed by atoms with Crippen LogP contribution in [0.5, 0.6) is 0 Å². The first kappa shape index (κ1) is 10.6. The third-order valence-electron chi connectivity index (χ3n) is 2.61. The molecule has 0 unspecified atom stereocenters. The summed E-state index contributed by atoms with van der Waals surface area (Å²) in [4.78, 5) is 7.01. The van der Waals surface area contributed by atoms with Crippen LogP contribution in [0, 0.1) is 5.82 Å². The van der Waals surface area contributed by atoms with Gasteiger partial charge in [0.2, 0.25) is 0 Å². The van der Waals surface area contributed by atoms with Gasteiger partial charge in [-0.15, -0.1) is 0 Å². The molecule has 0 saturated carbocycles. The SMILES string of the molecule is C=CC(=CC)Cc1c[nH]c2ncc(F)cc12. The lowest BCUT2D eigenvalue weighted by atomic mass is 10.1. The van der Waals surface area contributed by atoms with E-state index in [9.17, 15) is 4.39 Å². The third kappa shape index (κ3) is 1.89. The number of nitrogens with one attached hydrogen (secondary N) is 1. The number of aromatic nitrogens is 2. The van der Waals surface area contributed by atoms with Crippen molar-refractivity contribution in [1.29, 1.82) is 0 Å². The molecule has 1 N–H and O–H groups in total. The summed E-state index contributed by atoms with van der Waals surface area (Å²) in [5.41, 5.74) is 2.87. The summed E-state index contributed by atoms with van der Waals surface area (Å²) in [6, 6.07) is 1.50. The Morgan fingerprint density at radius 2 is 2.44 bits per heavy atom. The zero-order chi connectivity index (χ0) is 11.5. The molecule has 0 aliphatic carbocycles. The van der Waals surface area contributed by atoms with Gasteiger partial charge in [-0.3, -0.25) is 0 Å². The van der Waals surface area contributed by atoms with Crippen LogP contribution in [0.15, 0.2) is 42.8 Å². The number of allylic oxidation sites excluding steroid dienone is 3. The third-order valence-corrected chi connectivity index (χ3v) is 2.61. The standard InChI is InChI=1S/C13H13FN2/c1-3-9(4-2)5-10-7-15-13-12(10)6-11(14)8-16-13/h3-4,6-8H,1,5H2,2H3,(H,15,16). The van der Waals surface area contributed by atoms with Crippen LogP contribution in [0.1, 0.15) is 12.5 Å². The molecular weight excluding hydrogens is 203 g/mol. The fraction of sp³-hybridized carbons (Fsp3) is 0.154. The molecule has 0 aliphatic heterocycles. The Hall–Kier alpha value is -1.90. The van der Waals surface area contributed by atoms with Crippen molar-refractivity contribution in [2.24, 2.45) is 0 Å². The van der Waals surface area contributed by atoms with Crippen LogP contribution in [0.25, 0.3) is 11.0 Å². The maximum atomic E-state index is 13.1. The average molecular weight is 216 g/mol. The molecule has 2 aromatic rings. The lowest BCUT2D eigenvalue weighted by Gasteiger charge is -1.99. The van der Waals surface area contributed by atoms with Gasteiger partial charge in [0.05, 0.1) is 6.20 Å². The van der Waals surface area contributed by atoms with Crippen LogP contribution in [0.4, 0.5) is 4.39 Å². The van der Waals surface area contributed by atoms with Crippen molar-refractivity contribution in [2.75, 3.05) is 0 Å². The van der Waals surface area contributed by atoms with Crippen LogP contribution >= 0.6 is 0 Å². The highest BCUT2D eigenvalue weighted by Gasteiger charge is 2.06. The van der Waals surface area contributed by atoms with E-state index < -0.39 is 0 Å². The Labute approximate surface area is 93.5 Å². The number of pyridine rings is 1. The van der Waals surface area contributed by atoms with Gasteiger partial charge in [-0.1, -0.05) is 18.7 Å². The Kier molecular flexibility index (Phi) is 2.86. The minimum atomic E-state index is -0.311. The molecule has 0 radical (unpaired) electrons. The molecule has 0 amide bonds. The number of rotatable bonds is 3. The largest absolute Gasteiger partial charge is 0.346 e. The zero-order valence-corrected chi connectivity index (χ0v) is 9.13. The average Bonchev–Trinajstić information content (AvgIpc) is 2.68. The Morgan fingerprint density at radius 3 is 3.12 bits per heavy atom. The molecule has 0 saturated heterocycles. The smallest absolute Gasteiger partial charge is 0.142 e. The van der Waals surface area contributed by atoms with Crippen molar-refractivity contribution < 1.29 is 4.39 Å². The van der Waals surface area contributed by atoms with Crippen LogP contribution in [-0.2, 0) is 6.42 Å². The van der Waals surface area contributed by atoms with Gasteiger partial charge in [-0.25, -0.2) is 9.37 Å². The van der Waals surface area contributed by atoms with E-state index in [2.05, 4.69) is 16.5 Å². The van der Waals surface area contributed by atoms with Gasteiger partial charge in [0.25, 0.3) is 0 Å². The second kappa shape index (κ2) is 4.31. The summed E-state index contributed by atoms with van der Waals surface area (Å²) >= 11 is 0. The predicted octanol–water partition coefficient (Wildman–Crippen LogP) is 3.38. The molecule has 2 heterocycles. The topological polar surface area (TPSA) is 28.7 Å². The monoisotopic (exact) mass is 216 g/mol. The van der Waals surface area contributed by atoms with Gasteiger partial charge in [0, 0.05) is 11.6 Å². The minimum absolute atomic E-state index is 0.311. The number of H-pyrrole nitrogens is 1. The molecular formula is C13H13FN2. The number of nitrogens with zero attached hydrogens (tertiary/aromatic N) is 1. The fourth-order valence-electron chi connectivity index (χ4n) is 1.69. The van der Waals surface area contributed by atoms with E-state index in [4.69, 9.17) is 0 Å². The minimum Gasteiger partial charge on any atom is -0.346 e. The van der Waals surface area contributed by atoms with E-state index in [1.165, 1.54) is 12.3 Å². The Morgan fingerprint density at radius 1 is 1.62 bits per heavy atom. The van der Waals surface area contributed by atoms with E-state index in [0.717, 1.165) is 28.6 Å². The second-order valence-electron chi connectivity index (χ2n) is 3.61. The normalized spacial score (nSPS) is 12.0. The lowest BCUT2D eigenvalue weighted by molar-refractivity contribution is 0.624. The van der Waals surface area contributed by atoms with Crippen molar-refractivity contribution in [3.63, 3.8) is 0 Å². The highest BCUT2D eigenvalue weighted by Crippen LogP contribution is 2.20. The number of aromatic amines is 1. The first-order chi connectivity index (χ1) is 7.74. The maximum Gasteiger partial charge on any atom is 0.142 e. The van der Waals surface area contributed by atoms with Crippen LogP contribution in [0.3, 0.4) is 0 Å². The van der Waals surface area contributed by atoms with Crippen molar-refractivity contribution in [2.45, 2.75) is 13.3 Å². The van der Waals surface area contributed by atoms with Gasteiger partial charge in [-0.2, -0.15) is 0 Å². The van der Waals surface area contributed by atoms with Gasteiger partial charge in [0.1, 0.15) is 11.5 Å². The fourth-order valence-corrected chi connectivity index (χ4v) is 1.69. The van der Waals surface area contributed by atoms with E-state index in [-0.39, 0.29) is 5.82 Å². The lowest BCUT2D eigenvalue weighted by Crippen LogP contribution is -1.87. The molecule has 3 heteroatoms. The highest BCUT2D eigenvalue weighted by atomic mass is 19.1. The van der Waals surface area contributed by atoms with Crippen LogP contribution in [-0.4, -0.2) is 9.97 Å². The van der Waals surface area contributed by atoms with E-state index in [1.807, 2.05) is 25.3 Å². The summed E-state index contributed by atoms with van der Waals surface area (Å²) < 4.78 is 13.1. The van der Waals surface area contributed by atoms with Crippen LogP contribution in [0.2, 0.25) is 0 Å². The molecule has 2 nitrogen and oxygen atoms in total. The highest BCUT2D eigenvalue weighted by molar-refractivity contribution is 5.80. The van der Waals surface area contributed by atoms with Crippen molar-refractivity contribution >= 4 is 11.0 Å². The summed E-state index contributed by atoms with van der Waals surface area (Å²) in [5.74, 6) is -0.311. The van der Waals surface area contributed by atoms with E-state index >= 15 is 0 Å². The van der Waals surface area contributed by atoms with Crippen molar-refractivity contribution in [1.82, 2.24) is 9.97 Å². The first-order valence-corrected chi connectivity index (χ1v) is 5.13. The van der Waals surface area contributed by atoms with Gasteiger partial charge in [0.15, 0.2) is 0 Å². The second-order valence-corrected chi connectivity index (χ2v) is 3.61. The van der Waals surface area contributed by atoms with Crippen molar-refractivity contribution in [3.05, 3.63) is 54.1 Å². The molecule has 2 rings (SSSR count). The molecule has 2 aromatic heterocycles. The Bertz CT molecular complexity index is 552. The molecule has 0 atom stereocenters. The number of fused-ring (bicyclic) bond motifs is 1. The molecule has 0 fully saturated rings. The number of halogens is 1. The number of hydrogen-bond acceptors (Lipinski definition) is 1. The van der Waals surface area contributed by atoms with Gasteiger partial charge < -0.3 is 4.98 Å². The summed E-state index contributed by atoms with van der Waals surface area (Å²) in [6.45, 7) is 5.70. The summed E-state index contributed by atoms with van der Waals surface area (Å²) in [6.07, 6.45) is 7.63. The molecule has 16 heavy (non-hydrogen) atoms. The Balaban J connectivity index is 2.45. The molecule has 0 bridgehead atoms. The predicted molar refractivity (Wildman–Crippen MR) is 63.7 cm³/mol. The molecule has 0 spiro atoms. The quantitative estimate of drug-likeness (QED) is 0.783. The first-order valence-electron chi connectivity index (χ1n) is 5.13. The zero-order valence-electron chi connectivity index (χ0n) is 9.13. The van der Waals surface area contributed by atoms with Crippen LogP contribution < -0.4 is 0 Å². The summed E-state index contributed by atoms with van der Waals surface area (Å²) in [5, 5.41) is 0.834. The number of hydrogen-bond donors (Lipinski definition) is 1. The maximum absolute atomic E-state index is 13.1. The molecule has 0 aliphatic rings. The van der Waals surface area contributed by atoms with Gasteiger partial charge >= 0.3 is 0 Å².